The normalized spacial score (nSPS) is 16.9. The van der Waals surface area contributed by atoms with Gasteiger partial charge in [0, 0.05) is 23.2 Å². The van der Waals surface area contributed by atoms with Gasteiger partial charge in [-0.3, -0.25) is 4.90 Å². The Morgan fingerprint density at radius 1 is 1.40 bits per heavy atom. The van der Waals surface area contributed by atoms with Crippen LogP contribution in [0.25, 0.3) is 0 Å². The van der Waals surface area contributed by atoms with E-state index in [-0.39, 0.29) is 11.9 Å². The fourth-order valence-corrected chi connectivity index (χ4v) is 2.78. The van der Waals surface area contributed by atoms with Crippen molar-refractivity contribution in [3.05, 3.63) is 34.6 Å². The summed E-state index contributed by atoms with van der Waals surface area (Å²) in [5, 5.41) is 0.433. The topological polar surface area (TPSA) is 29.3 Å². The summed E-state index contributed by atoms with van der Waals surface area (Å²) in [7, 11) is 0. The van der Waals surface area contributed by atoms with Gasteiger partial charge in [-0.15, -0.1) is 0 Å². The van der Waals surface area contributed by atoms with Gasteiger partial charge >= 0.3 is 0 Å². The van der Waals surface area contributed by atoms with Crippen LogP contribution in [0.3, 0.4) is 0 Å². The van der Waals surface area contributed by atoms with Gasteiger partial charge in [-0.05, 0) is 43.9 Å². The Kier molecular flexibility index (Phi) is 5.42. The Hall–Kier alpha value is -0.640. The molecule has 20 heavy (non-hydrogen) atoms. The highest BCUT2D eigenvalue weighted by atomic mass is 35.5. The molecule has 0 aliphatic heterocycles. The minimum absolute atomic E-state index is 0.0430. The zero-order valence-electron chi connectivity index (χ0n) is 12.3. The van der Waals surface area contributed by atoms with Gasteiger partial charge in [0.25, 0.3) is 0 Å². The van der Waals surface area contributed by atoms with Gasteiger partial charge in [0.05, 0.1) is 6.04 Å². The van der Waals surface area contributed by atoms with Crippen LogP contribution in [-0.4, -0.2) is 24.0 Å². The van der Waals surface area contributed by atoms with Crippen LogP contribution < -0.4 is 5.73 Å². The van der Waals surface area contributed by atoms with Crippen molar-refractivity contribution in [2.75, 3.05) is 13.1 Å². The Morgan fingerprint density at radius 3 is 2.60 bits per heavy atom. The monoisotopic (exact) mass is 298 g/mol. The van der Waals surface area contributed by atoms with E-state index in [1.54, 1.807) is 12.1 Å². The van der Waals surface area contributed by atoms with Gasteiger partial charge in [-0.25, -0.2) is 4.39 Å². The molecule has 0 amide bonds. The van der Waals surface area contributed by atoms with E-state index in [2.05, 4.69) is 18.7 Å². The molecule has 1 aromatic carbocycles. The van der Waals surface area contributed by atoms with Gasteiger partial charge in [-0.1, -0.05) is 31.5 Å². The molecule has 0 heterocycles. The Morgan fingerprint density at radius 2 is 2.10 bits per heavy atom. The summed E-state index contributed by atoms with van der Waals surface area (Å²) in [5.41, 5.74) is 6.62. The Labute approximate surface area is 126 Å². The minimum atomic E-state index is -0.247. The zero-order chi connectivity index (χ0) is 14.7. The molecule has 1 unspecified atom stereocenters. The van der Waals surface area contributed by atoms with E-state index in [1.165, 1.54) is 18.9 Å². The van der Waals surface area contributed by atoms with E-state index >= 15 is 0 Å². The van der Waals surface area contributed by atoms with Crippen molar-refractivity contribution >= 4 is 11.6 Å². The molecule has 1 saturated carbocycles. The molecule has 1 aliphatic carbocycles. The first-order chi connectivity index (χ1) is 9.52. The van der Waals surface area contributed by atoms with Gasteiger partial charge in [-0.2, -0.15) is 0 Å². The van der Waals surface area contributed by atoms with Crippen LogP contribution in [0.1, 0.15) is 44.7 Å². The summed E-state index contributed by atoms with van der Waals surface area (Å²) >= 11 is 5.84. The maximum Gasteiger partial charge on any atom is 0.129 e. The lowest BCUT2D eigenvalue weighted by Crippen LogP contribution is -2.37. The number of hydrogen-bond donors (Lipinski definition) is 1. The van der Waals surface area contributed by atoms with Gasteiger partial charge < -0.3 is 5.73 Å². The van der Waals surface area contributed by atoms with Crippen LogP contribution in [0.15, 0.2) is 18.2 Å². The molecule has 0 bridgehead atoms. The highest BCUT2D eigenvalue weighted by molar-refractivity contribution is 6.30. The standard InChI is InChI=1S/C16H24ClFN2/c1-11(2)7-8-20(13-4-5-13)16(10-19)14-6-3-12(17)9-15(14)18/h3,6,9,11,13,16H,4-5,7-8,10,19H2,1-2H3. The second-order valence-electron chi connectivity index (χ2n) is 6.07. The molecule has 1 aliphatic rings. The van der Waals surface area contributed by atoms with Crippen molar-refractivity contribution in [3.8, 4) is 0 Å². The summed E-state index contributed by atoms with van der Waals surface area (Å²) in [5.74, 6) is 0.396. The Balaban J connectivity index is 2.18. The molecular formula is C16H24ClFN2. The van der Waals surface area contributed by atoms with Crippen LogP contribution in [0.4, 0.5) is 4.39 Å². The third-order valence-corrected chi connectivity index (χ3v) is 4.16. The fourth-order valence-electron chi connectivity index (χ4n) is 2.62. The molecule has 0 saturated heterocycles. The van der Waals surface area contributed by atoms with Crippen molar-refractivity contribution < 1.29 is 4.39 Å². The van der Waals surface area contributed by atoms with Crippen LogP contribution >= 0.6 is 11.6 Å². The molecule has 0 aromatic heterocycles. The van der Waals surface area contributed by atoms with Gasteiger partial charge in [0.1, 0.15) is 5.82 Å². The Bertz CT molecular complexity index is 446. The summed E-state index contributed by atoms with van der Waals surface area (Å²) < 4.78 is 14.2. The first kappa shape index (κ1) is 15.7. The third-order valence-electron chi connectivity index (χ3n) is 3.93. The lowest BCUT2D eigenvalue weighted by molar-refractivity contribution is 0.177. The average molecular weight is 299 g/mol. The molecule has 2 rings (SSSR count). The van der Waals surface area contributed by atoms with E-state index in [4.69, 9.17) is 17.3 Å². The molecule has 1 aromatic rings. The maximum absolute atomic E-state index is 14.2. The molecule has 1 atom stereocenters. The number of nitrogens with two attached hydrogens (primary N) is 1. The molecule has 2 nitrogen and oxygen atoms in total. The van der Waals surface area contributed by atoms with E-state index < -0.39 is 0 Å². The summed E-state index contributed by atoms with van der Waals surface area (Å²) in [4.78, 5) is 2.38. The molecule has 2 N–H and O–H groups in total. The van der Waals surface area contributed by atoms with Crippen molar-refractivity contribution in [1.29, 1.82) is 0 Å². The first-order valence-electron chi connectivity index (χ1n) is 7.43. The zero-order valence-corrected chi connectivity index (χ0v) is 13.0. The SMILES string of the molecule is CC(C)CCN(C1CC1)C(CN)c1ccc(Cl)cc1F. The summed E-state index contributed by atoms with van der Waals surface area (Å²) in [6.45, 7) is 5.84. The number of nitrogens with zero attached hydrogens (tertiary/aromatic N) is 1. The second-order valence-corrected chi connectivity index (χ2v) is 6.51. The molecule has 0 spiro atoms. The quantitative estimate of drug-likeness (QED) is 0.825. The van der Waals surface area contributed by atoms with E-state index in [0.29, 0.717) is 29.1 Å². The minimum Gasteiger partial charge on any atom is -0.329 e. The number of hydrogen-bond acceptors (Lipinski definition) is 2. The molecule has 0 radical (unpaired) electrons. The summed E-state index contributed by atoms with van der Waals surface area (Å²) in [6, 6.07) is 5.43. The van der Waals surface area contributed by atoms with Gasteiger partial charge in [0.2, 0.25) is 0 Å². The van der Waals surface area contributed by atoms with Crippen molar-refractivity contribution in [2.24, 2.45) is 11.7 Å². The molecule has 112 valence electrons. The third kappa shape index (κ3) is 3.94. The molecule has 1 fully saturated rings. The lowest BCUT2D eigenvalue weighted by Gasteiger charge is -2.32. The van der Waals surface area contributed by atoms with Crippen LogP contribution in [-0.2, 0) is 0 Å². The predicted molar refractivity (Wildman–Crippen MR) is 82.4 cm³/mol. The second kappa shape index (κ2) is 6.88. The predicted octanol–water partition coefficient (Wildman–Crippen LogP) is 3.99. The highest BCUT2D eigenvalue weighted by Crippen LogP contribution is 2.35. The largest absolute Gasteiger partial charge is 0.329 e. The van der Waals surface area contributed by atoms with E-state index in [0.717, 1.165) is 13.0 Å². The van der Waals surface area contributed by atoms with Crippen LogP contribution in [0.5, 0.6) is 0 Å². The van der Waals surface area contributed by atoms with Crippen molar-refractivity contribution in [2.45, 2.75) is 45.2 Å². The van der Waals surface area contributed by atoms with Crippen LogP contribution in [0, 0.1) is 11.7 Å². The fraction of sp³-hybridized carbons (Fsp3) is 0.625. The molecule has 4 heteroatoms. The lowest BCUT2D eigenvalue weighted by atomic mass is 10.0. The van der Waals surface area contributed by atoms with Crippen molar-refractivity contribution in [1.82, 2.24) is 4.90 Å². The van der Waals surface area contributed by atoms with Gasteiger partial charge in [0.15, 0.2) is 0 Å². The number of benzene rings is 1. The summed E-state index contributed by atoms with van der Waals surface area (Å²) in [6.07, 6.45) is 3.51. The number of rotatable bonds is 7. The number of halogens is 2. The van der Waals surface area contributed by atoms with E-state index in [1.807, 2.05) is 0 Å². The van der Waals surface area contributed by atoms with Crippen molar-refractivity contribution in [3.63, 3.8) is 0 Å². The average Bonchev–Trinajstić information content (AvgIpc) is 3.19. The molecular weight excluding hydrogens is 275 g/mol. The smallest absolute Gasteiger partial charge is 0.129 e. The maximum atomic E-state index is 14.2. The van der Waals surface area contributed by atoms with E-state index in [9.17, 15) is 4.39 Å². The first-order valence-corrected chi connectivity index (χ1v) is 7.81. The van der Waals surface area contributed by atoms with Crippen LogP contribution in [0.2, 0.25) is 5.02 Å². The highest BCUT2D eigenvalue weighted by Gasteiger charge is 2.34.